The zero-order valence-electron chi connectivity index (χ0n) is 13.8. The Hall–Kier alpha value is -2.74. The van der Waals surface area contributed by atoms with Crippen molar-refractivity contribution in [2.75, 3.05) is 36.5 Å². The van der Waals surface area contributed by atoms with Crippen LogP contribution in [-0.4, -0.2) is 48.3 Å². The number of ether oxygens (including phenoxy) is 2. The molecule has 8 heteroatoms. The Morgan fingerprint density at radius 3 is 2.72 bits per heavy atom. The van der Waals surface area contributed by atoms with Crippen LogP contribution in [0.1, 0.15) is 6.92 Å². The van der Waals surface area contributed by atoms with Crippen molar-refractivity contribution in [2.24, 2.45) is 0 Å². The average Bonchev–Trinajstić information content (AvgIpc) is 2.64. The van der Waals surface area contributed by atoms with Crippen molar-refractivity contribution in [2.45, 2.75) is 13.0 Å². The number of morpholine rings is 1. The van der Waals surface area contributed by atoms with Crippen molar-refractivity contribution in [1.82, 2.24) is 9.97 Å². The molecule has 1 aromatic carbocycles. The van der Waals surface area contributed by atoms with Crippen molar-refractivity contribution in [3.05, 3.63) is 42.5 Å². The number of hydrogen-bond donors (Lipinski definition) is 1. The standard InChI is InChI=1S/C17H19FN4O3/c1-12(25-14-4-2-13(18)3-5-14)17(23)21-15-10-16(20-11-19-15)22-6-8-24-9-7-22/h2-5,10-12H,6-9H2,1H3,(H,19,20,21,23)/t12-/m0/s1. The summed E-state index contributed by atoms with van der Waals surface area (Å²) < 4.78 is 23.7. The van der Waals surface area contributed by atoms with E-state index in [2.05, 4.69) is 20.2 Å². The van der Waals surface area contributed by atoms with Crippen molar-refractivity contribution in [1.29, 1.82) is 0 Å². The van der Waals surface area contributed by atoms with Gasteiger partial charge < -0.3 is 19.7 Å². The monoisotopic (exact) mass is 346 g/mol. The van der Waals surface area contributed by atoms with E-state index in [1.165, 1.54) is 30.6 Å². The lowest BCUT2D eigenvalue weighted by Crippen LogP contribution is -2.37. The number of carbonyl (C=O) groups is 1. The molecule has 0 bridgehead atoms. The molecule has 7 nitrogen and oxygen atoms in total. The van der Waals surface area contributed by atoms with Gasteiger partial charge in [0.25, 0.3) is 5.91 Å². The number of benzene rings is 1. The van der Waals surface area contributed by atoms with Crippen LogP contribution >= 0.6 is 0 Å². The second-order valence-corrected chi connectivity index (χ2v) is 5.56. The second kappa shape index (κ2) is 7.89. The van der Waals surface area contributed by atoms with Crippen LogP contribution < -0.4 is 15.0 Å². The van der Waals surface area contributed by atoms with E-state index in [9.17, 15) is 9.18 Å². The van der Waals surface area contributed by atoms with Crippen LogP contribution in [0.15, 0.2) is 36.7 Å². The van der Waals surface area contributed by atoms with E-state index in [0.717, 1.165) is 18.9 Å². The van der Waals surface area contributed by atoms with Crippen LogP contribution in [0.2, 0.25) is 0 Å². The maximum atomic E-state index is 12.9. The zero-order chi connectivity index (χ0) is 17.6. The number of rotatable bonds is 5. The largest absolute Gasteiger partial charge is 0.481 e. The normalized spacial score (nSPS) is 15.5. The predicted octanol–water partition coefficient (Wildman–Crippen LogP) is 1.86. The van der Waals surface area contributed by atoms with Crippen molar-refractivity contribution in [3.8, 4) is 5.75 Å². The fraction of sp³-hybridized carbons (Fsp3) is 0.353. The van der Waals surface area contributed by atoms with Crippen LogP contribution in [0.3, 0.4) is 0 Å². The van der Waals surface area contributed by atoms with Crippen LogP contribution in [0, 0.1) is 5.82 Å². The lowest BCUT2D eigenvalue weighted by atomic mass is 10.3. The predicted molar refractivity (Wildman–Crippen MR) is 90.2 cm³/mol. The smallest absolute Gasteiger partial charge is 0.266 e. The molecular formula is C17H19FN4O3. The summed E-state index contributed by atoms with van der Waals surface area (Å²) in [5, 5.41) is 2.71. The first-order valence-electron chi connectivity index (χ1n) is 7.99. The molecule has 0 aliphatic carbocycles. The Morgan fingerprint density at radius 1 is 1.28 bits per heavy atom. The van der Waals surface area contributed by atoms with E-state index < -0.39 is 6.10 Å². The van der Waals surface area contributed by atoms with Crippen LogP contribution in [0.4, 0.5) is 16.0 Å². The summed E-state index contributed by atoms with van der Waals surface area (Å²) in [4.78, 5) is 22.6. The summed E-state index contributed by atoms with van der Waals surface area (Å²) in [6.07, 6.45) is 0.651. The van der Waals surface area contributed by atoms with Gasteiger partial charge in [0.2, 0.25) is 0 Å². The molecule has 2 aromatic rings. The van der Waals surface area contributed by atoms with Gasteiger partial charge in [-0.2, -0.15) is 0 Å². The molecule has 1 aliphatic rings. The topological polar surface area (TPSA) is 76.6 Å². The fourth-order valence-electron chi connectivity index (χ4n) is 2.38. The summed E-state index contributed by atoms with van der Waals surface area (Å²) in [6, 6.07) is 7.21. The van der Waals surface area contributed by atoms with Crippen molar-refractivity contribution >= 4 is 17.5 Å². The van der Waals surface area contributed by atoms with Crippen LogP contribution in [0.25, 0.3) is 0 Å². The fourth-order valence-corrected chi connectivity index (χ4v) is 2.38. The number of nitrogens with zero attached hydrogens (tertiary/aromatic N) is 3. The third-order valence-corrected chi connectivity index (χ3v) is 3.73. The van der Waals surface area contributed by atoms with Gasteiger partial charge in [-0.3, -0.25) is 4.79 Å². The Bertz CT molecular complexity index is 720. The highest BCUT2D eigenvalue weighted by Gasteiger charge is 2.17. The minimum Gasteiger partial charge on any atom is -0.481 e. The van der Waals surface area contributed by atoms with Gasteiger partial charge in [0.1, 0.15) is 29.5 Å². The molecule has 2 heterocycles. The zero-order valence-corrected chi connectivity index (χ0v) is 13.8. The van der Waals surface area contributed by atoms with E-state index >= 15 is 0 Å². The maximum Gasteiger partial charge on any atom is 0.266 e. The first kappa shape index (κ1) is 17.1. The minimum atomic E-state index is -0.757. The number of hydrogen-bond acceptors (Lipinski definition) is 6. The second-order valence-electron chi connectivity index (χ2n) is 5.56. The van der Waals surface area contributed by atoms with E-state index in [-0.39, 0.29) is 11.7 Å². The Morgan fingerprint density at radius 2 is 2.00 bits per heavy atom. The maximum absolute atomic E-state index is 12.9. The summed E-state index contributed by atoms with van der Waals surface area (Å²) in [5.74, 6) is 0.842. The number of anilines is 2. The molecule has 0 spiro atoms. The minimum absolute atomic E-state index is 0.351. The molecule has 25 heavy (non-hydrogen) atoms. The Labute approximate surface area is 144 Å². The molecule has 1 aromatic heterocycles. The molecule has 0 radical (unpaired) electrons. The van der Waals surface area contributed by atoms with E-state index in [1.807, 2.05) is 0 Å². The lowest BCUT2D eigenvalue weighted by molar-refractivity contribution is -0.122. The molecule has 0 unspecified atom stereocenters. The highest BCUT2D eigenvalue weighted by Crippen LogP contribution is 2.17. The van der Waals surface area contributed by atoms with Gasteiger partial charge in [-0.15, -0.1) is 0 Å². The molecule has 1 amide bonds. The molecule has 132 valence electrons. The highest BCUT2D eigenvalue weighted by atomic mass is 19.1. The van der Waals surface area contributed by atoms with Gasteiger partial charge in [-0.25, -0.2) is 14.4 Å². The number of carbonyl (C=O) groups excluding carboxylic acids is 1. The summed E-state index contributed by atoms with van der Waals surface area (Å²) in [7, 11) is 0. The van der Waals surface area contributed by atoms with Gasteiger partial charge in [0.05, 0.1) is 13.2 Å². The SMILES string of the molecule is C[C@H](Oc1ccc(F)cc1)C(=O)Nc1cc(N2CCOCC2)ncn1. The first-order chi connectivity index (χ1) is 12.1. The molecule has 0 saturated carbocycles. The molecule has 1 N–H and O–H groups in total. The molecule has 1 fully saturated rings. The first-order valence-corrected chi connectivity index (χ1v) is 7.99. The van der Waals surface area contributed by atoms with Crippen LogP contribution in [-0.2, 0) is 9.53 Å². The van der Waals surface area contributed by atoms with Gasteiger partial charge in [0, 0.05) is 19.2 Å². The molecular weight excluding hydrogens is 327 g/mol. The molecule has 1 saturated heterocycles. The van der Waals surface area contributed by atoms with Crippen molar-refractivity contribution < 1.29 is 18.7 Å². The van der Waals surface area contributed by atoms with Gasteiger partial charge in [-0.1, -0.05) is 0 Å². The number of aromatic nitrogens is 2. The van der Waals surface area contributed by atoms with E-state index in [4.69, 9.17) is 9.47 Å². The molecule has 3 rings (SSSR count). The molecule has 1 atom stereocenters. The van der Waals surface area contributed by atoms with E-state index in [1.54, 1.807) is 13.0 Å². The third kappa shape index (κ3) is 4.63. The van der Waals surface area contributed by atoms with Crippen molar-refractivity contribution in [3.63, 3.8) is 0 Å². The quantitative estimate of drug-likeness (QED) is 0.890. The summed E-state index contributed by atoms with van der Waals surface area (Å²) >= 11 is 0. The molecule has 1 aliphatic heterocycles. The highest BCUT2D eigenvalue weighted by molar-refractivity contribution is 5.93. The Balaban J connectivity index is 1.60. The van der Waals surface area contributed by atoms with Gasteiger partial charge in [-0.05, 0) is 31.2 Å². The Kier molecular flexibility index (Phi) is 5.39. The number of nitrogens with one attached hydrogen (secondary N) is 1. The van der Waals surface area contributed by atoms with E-state index in [0.29, 0.717) is 24.8 Å². The summed E-state index contributed by atoms with van der Waals surface area (Å²) in [6.45, 7) is 4.40. The van der Waals surface area contributed by atoms with Gasteiger partial charge >= 0.3 is 0 Å². The third-order valence-electron chi connectivity index (χ3n) is 3.73. The lowest BCUT2D eigenvalue weighted by Gasteiger charge is -2.27. The number of halogens is 1. The average molecular weight is 346 g/mol. The van der Waals surface area contributed by atoms with Gasteiger partial charge in [0.15, 0.2) is 6.10 Å². The number of amides is 1. The van der Waals surface area contributed by atoms with Crippen LogP contribution in [0.5, 0.6) is 5.75 Å². The summed E-state index contributed by atoms with van der Waals surface area (Å²) in [5.41, 5.74) is 0.